The van der Waals surface area contributed by atoms with Gasteiger partial charge in [0.25, 0.3) is 0 Å². The van der Waals surface area contributed by atoms with E-state index >= 15 is 0 Å². The van der Waals surface area contributed by atoms with E-state index in [9.17, 15) is 0 Å². The van der Waals surface area contributed by atoms with E-state index in [0.717, 1.165) is 11.1 Å². The normalized spacial score (nSPS) is 32.6. The minimum absolute atomic E-state index is 0.866. The molecule has 0 aliphatic carbocycles. The summed E-state index contributed by atoms with van der Waals surface area (Å²) in [5.74, 6) is 0. The summed E-state index contributed by atoms with van der Waals surface area (Å²) in [6.45, 7) is 4.78. The Morgan fingerprint density at radius 1 is 1.14 bits per heavy atom. The molecule has 0 bridgehead atoms. The van der Waals surface area contributed by atoms with Crippen LogP contribution in [0.1, 0.15) is 46.0 Å². The molecule has 2 N–H and O–H groups in total. The molecule has 3 heteroatoms. The third-order valence-electron chi connectivity index (χ3n) is 4.18. The Hall–Kier alpha value is 0.137. The first-order valence-corrected chi connectivity index (χ1v) is 8.24. The van der Waals surface area contributed by atoms with Gasteiger partial charge in [-0.3, -0.25) is 0 Å². The Bertz CT molecular complexity index is 169. The van der Waals surface area contributed by atoms with E-state index in [0.29, 0.717) is 0 Å². The Morgan fingerprint density at radius 2 is 1.71 bits per heavy atom. The first-order chi connectivity index (χ1) is 6.71. The van der Waals surface area contributed by atoms with Gasteiger partial charge in [-0.05, 0) is 25.2 Å². The maximum Gasteiger partial charge on any atom is 0.207 e. The summed E-state index contributed by atoms with van der Waals surface area (Å²) < 4.78 is 0. The van der Waals surface area contributed by atoms with Crippen molar-refractivity contribution in [2.24, 2.45) is 0 Å². The van der Waals surface area contributed by atoms with Crippen molar-refractivity contribution in [3.8, 4) is 0 Å². The van der Waals surface area contributed by atoms with Gasteiger partial charge in [-0.2, -0.15) is 0 Å². The molecule has 0 radical (unpaired) electrons. The van der Waals surface area contributed by atoms with E-state index in [1.165, 1.54) is 32.1 Å². The van der Waals surface area contributed by atoms with Crippen LogP contribution in [-0.4, -0.2) is 22.5 Å². The molecule has 1 aliphatic heterocycles. The zero-order chi connectivity index (χ0) is 10.6. The maximum absolute atomic E-state index is 3.69. The molecule has 1 fully saturated rings. The van der Waals surface area contributed by atoms with Crippen molar-refractivity contribution in [1.82, 2.24) is 9.96 Å². The molecule has 0 spiro atoms. The topological polar surface area (TPSA) is 24.1 Å². The quantitative estimate of drug-likeness (QED) is 0.706. The van der Waals surface area contributed by atoms with Gasteiger partial charge < -0.3 is 9.96 Å². The van der Waals surface area contributed by atoms with Gasteiger partial charge >= 0.3 is 0 Å². The van der Waals surface area contributed by atoms with Gasteiger partial charge in [0, 0.05) is 0 Å². The third-order valence-corrected chi connectivity index (χ3v) is 9.66. The summed E-state index contributed by atoms with van der Waals surface area (Å²) in [5, 5.41) is 0. The lowest BCUT2D eigenvalue weighted by Gasteiger charge is -2.40. The molecule has 84 valence electrons. The molecule has 2 atom stereocenters. The molecular formula is C11H26N2Si. The largest absolute Gasteiger partial charge is 0.328 e. The standard InChI is InChI=1S/C11H26N2Si/c1-5-11-9-7-6-8-10(2)14(11,12-3)13-4/h10-13H,5-9H2,1-4H3. The summed E-state index contributed by atoms with van der Waals surface area (Å²) in [5.41, 5.74) is 1.78. The summed E-state index contributed by atoms with van der Waals surface area (Å²) in [7, 11) is 2.91. The van der Waals surface area contributed by atoms with Gasteiger partial charge in [0.15, 0.2) is 0 Å². The van der Waals surface area contributed by atoms with Gasteiger partial charge in [-0.1, -0.05) is 46.0 Å². The first kappa shape index (κ1) is 12.2. The highest BCUT2D eigenvalue weighted by Gasteiger charge is 2.44. The number of hydrogen-bond donors (Lipinski definition) is 2. The second-order valence-electron chi connectivity index (χ2n) is 4.66. The second kappa shape index (κ2) is 5.28. The zero-order valence-corrected chi connectivity index (χ0v) is 11.2. The van der Waals surface area contributed by atoms with Crippen LogP contribution in [0.15, 0.2) is 0 Å². The lowest BCUT2D eigenvalue weighted by Crippen LogP contribution is -2.65. The van der Waals surface area contributed by atoms with Crippen LogP contribution >= 0.6 is 0 Å². The lowest BCUT2D eigenvalue weighted by atomic mass is 10.1. The molecule has 0 aromatic heterocycles. The molecule has 1 saturated heterocycles. The summed E-state index contributed by atoms with van der Waals surface area (Å²) >= 11 is 0. The molecule has 1 aliphatic rings. The Labute approximate surface area is 90.0 Å². The summed E-state index contributed by atoms with van der Waals surface area (Å²) in [4.78, 5) is 7.37. The van der Waals surface area contributed by atoms with Crippen LogP contribution in [0.3, 0.4) is 0 Å². The summed E-state index contributed by atoms with van der Waals surface area (Å²) in [6, 6.07) is 0. The zero-order valence-electron chi connectivity index (χ0n) is 10.2. The highest BCUT2D eigenvalue weighted by atomic mass is 28.3. The molecule has 0 amide bonds. The molecule has 2 unspecified atom stereocenters. The molecule has 1 rings (SSSR count). The van der Waals surface area contributed by atoms with Crippen molar-refractivity contribution in [1.29, 1.82) is 0 Å². The van der Waals surface area contributed by atoms with Gasteiger partial charge in [0.05, 0.1) is 0 Å². The van der Waals surface area contributed by atoms with Crippen molar-refractivity contribution in [3.05, 3.63) is 0 Å². The highest BCUT2D eigenvalue weighted by molar-refractivity contribution is 6.77. The monoisotopic (exact) mass is 214 g/mol. The van der Waals surface area contributed by atoms with E-state index in [4.69, 9.17) is 0 Å². The van der Waals surface area contributed by atoms with Gasteiger partial charge in [-0.15, -0.1) is 0 Å². The van der Waals surface area contributed by atoms with Crippen LogP contribution < -0.4 is 9.96 Å². The average molecular weight is 214 g/mol. The van der Waals surface area contributed by atoms with Crippen LogP contribution in [0, 0.1) is 0 Å². The minimum atomic E-state index is -1.41. The van der Waals surface area contributed by atoms with Crippen molar-refractivity contribution in [2.75, 3.05) is 14.1 Å². The predicted octanol–water partition coefficient (Wildman–Crippen LogP) is 2.61. The fraction of sp³-hybridized carbons (Fsp3) is 1.00. The van der Waals surface area contributed by atoms with Crippen molar-refractivity contribution < 1.29 is 0 Å². The van der Waals surface area contributed by atoms with Gasteiger partial charge in [-0.25, -0.2) is 0 Å². The van der Waals surface area contributed by atoms with Crippen LogP contribution in [0.2, 0.25) is 11.1 Å². The van der Waals surface area contributed by atoms with E-state index < -0.39 is 8.40 Å². The molecule has 0 aromatic carbocycles. The predicted molar refractivity (Wildman–Crippen MR) is 65.8 cm³/mol. The third kappa shape index (κ3) is 2.04. The fourth-order valence-electron chi connectivity index (χ4n) is 3.25. The molecule has 14 heavy (non-hydrogen) atoms. The number of rotatable bonds is 3. The van der Waals surface area contributed by atoms with Crippen molar-refractivity contribution in [3.63, 3.8) is 0 Å². The van der Waals surface area contributed by atoms with E-state index in [2.05, 4.69) is 37.9 Å². The number of nitrogens with one attached hydrogen (secondary N) is 2. The van der Waals surface area contributed by atoms with E-state index in [-0.39, 0.29) is 0 Å². The van der Waals surface area contributed by atoms with E-state index in [1.807, 2.05) is 0 Å². The minimum Gasteiger partial charge on any atom is -0.328 e. The van der Waals surface area contributed by atoms with Gasteiger partial charge in [0.1, 0.15) is 0 Å². The highest BCUT2D eigenvalue weighted by Crippen LogP contribution is 2.40. The molecule has 0 aromatic rings. The van der Waals surface area contributed by atoms with Gasteiger partial charge in [0.2, 0.25) is 8.40 Å². The van der Waals surface area contributed by atoms with E-state index in [1.54, 1.807) is 0 Å². The average Bonchev–Trinajstić information content (AvgIpc) is 2.37. The molecule has 2 nitrogen and oxygen atoms in total. The van der Waals surface area contributed by atoms with Crippen molar-refractivity contribution >= 4 is 8.40 Å². The number of hydrogen-bond acceptors (Lipinski definition) is 2. The molecule has 0 saturated carbocycles. The van der Waals surface area contributed by atoms with Crippen molar-refractivity contribution in [2.45, 2.75) is 57.0 Å². The Kier molecular flexibility index (Phi) is 4.61. The lowest BCUT2D eigenvalue weighted by molar-refractivity contribution is 0.627. The molecule has 1 heterocycles. The Balaban J connectivity index is 2.88. The second-order valence-corrected chi connectivity index (χ2v) is 9.20. The Morgan fingerprint density at radius 3 is 2.21 bits per heavy atom. The van der Waals surface area contributed by atoms with Crippen LogP contribution in [0.25, 0.3) is 0 Å². The molecular weight excluding hydrogens is 188 g/mol. The summed E-state index contributed by atoms with van der Waals surface area (Å²) in [6.07, 6.45) is 7.02. The fourth-order valence-corrected chi connectivity index (χ4v) is 8.07. The van der Waals surface area contributed by atoms with Crippen LogP contribution in [0.4, 0.5) is 0 Å². The van der Waals surface area contributed by atoms with Crippen LogP contribution in [-0.2, 0) is 0 Å². The SMILES string of the molecule is CCC1CCCCC(C)[Si]1(NC)NC. The van der Waals surface area contributed by atoms with Crippen LogP contribution in [0.5, 0.6) is 0 Å². The first-order valence-electron chi connectivity index (χ1n) is 6.09. The maximum atomic E-state index is 3.69. The smallest absolute Gasteiger partial charge is 0.207 e.